The summed E-state index contributed by atoms with van der Waals surface area (Å²) in [6, 6.07) is 8.54. The summed E-state index contributed by atoms with van der Waals surface area (Å²) in [7, 11) is 1.89. The van der Waals surface area contributed by atoms with Gasteiger partial charge in [-0.15, -0.1) is 0 Å². The summed E-state index contributed by atoms with van der Waals surface area (Å²) in [6.45, 7) is 4.18. The molecule has 0 atom stereocenters. The molecule has 2 aromatic rings. The van der Waals surface area contributed by atoms with Crippen molar-refractivity contribution in [1.29, 1.82) is 0 Å². The molecule has 0 aliphatic rings. The lowest BCUT2D eigenvalue weighted by Gasteiger charge is -2.32. The SMILES string of the molecule is Cc1ccccc1C(CBr)(CBr)Cc1c(C)nn(C)c1Cl. The van der Waals surface area contributed by atoms with Gasteiger partial charge in [0.25, 0.3) is 0 Å². The second kappa shape index (κ2) is 6.84. The fourth-order valence-corrected chi connectivity index (χ4v) is 4.92. The van der Waals surface area contributed by atoms with E-state index in [-0.39, 0.29) is 5.41 Å². The molecule has 0 aliphatic heterocycles. The zero-order valence-corrected chi connectivity index (χ0v) is 16.4. The van der Waals surface area contributed by atoms with Crippen molar-refractivity contribution < 1.29 is 0 Å². The molecule has 0 bridgehead atoms. The predicted molar refractivity (Wildman–Crippen MR) is 97.1 cm³/mol. The van der Waals surface area contributed by atoms with Gasteiger partial charge in [-0.2, -0.15) is 5.10 Å². The smallest absolute Gasteiger partial charge is 0.130 e. The van der Waals surface area contributed by atoms with Gasteiger partial charge >= 0.3 is 0 Å². The second-order valence-corrected chi connectivity index (χ2v) is 7.00. The lowest BCUT2D eigenvalue weighted by molar-refractivity contribution is 0.546. The zero-order valence-electron chi connectivity index (χ0n) is 12.5. The summed E-state index contributed by atoms with van der Waals surface area (Å²) in [5.74, 6) is 0. The standard InChI is InChI=1S/C16H19Br2ClN2/c1-11-6-4-5-7-14(11)16(9-17,10-18)8-13-12(2)20-21(3)15(13)19/h4-7H,8-10H2,1-3H3. The zero-order chi connectivity index (χ0) is 15.6. The molecule has 0 amide bonds. The van der Waals surface area contributed by atoms with Crippen LogP contribution < -0.4 is 0 Å². The number of aromatic nitrogens is 2. The molecular formula is C16H19Br2ClN2. The van der Waals surface area contributed by atoms with Gasteiger partial charge < -0.3 is 0 Å². The van der Waals surface area contributed by atoms with E-state index in [1.807, 2.05) is 14.0 Å². The van der Waals surface area contributed by atoms with Crippen LogP contribution >= 0.6 is 43.5 Å². The van der Waals surface area contributed by atoms with Gasteiger partial charge in [0.15, 0.2) is 0 Å². The lowest BCUT2D eigenvalue weighted by Crippen LogP contribution is -2.34. The van der Waals surface area contributed by atoms with Crippen LogP contribution in [0.2, 0.25) is 5.15 Å². The van der Waals surface area contributed by atoms with Crippen LogP contribution in [0, 0.1) is 13.8 Å². The largest absolute Gasteiger partial charge is 0.257 e. The summed E-state index contributed by atoms with van der Waals surface area (Å²) in [5.41, 5.74) is 4.73. The fourth-order valence-electron chi connectivity index (χ4n) is 2.75. The molecule has 0 radical (unpaired) electrons. The van der Waals surface area contributed by atoms with Crippen LogP contribution in [0.4, 0.5) is 0 Å². The van der Waals surface area contributed by atoms with Crippen molar-refractivity contribution in [3.05, 3.63) is 51.8 Å². The Labute approximate surface area is 148 Å². The van der Waals surface area contributed by atoms with E-state index >= 15 is 0 Å². The average molecular weight is 435 g/mol. The van der Waals surface area contributed by atoms with Crippen LogP contribution in [0.3, 0.4) is 0 Å². The molecule has 114 valence electrons. The van der Waals surface area contributed by atoms with Crippen LogP contribution in [-0.2, 0) is 18.9 Å². The van der Waals surface area contributed by atoms with E-state index < -0.39 is 0 Å². The molecule has 21 heavy (non-hydrogen) atoms. The highest BCUT2D eigenvalue weighted by Crippen LogP contribution is 2.37. The maximum atomic E-state index is 6.43. The Morgan fingerprint density at radius 2 is 1.81 bits per heavy atom. The molecule has 1 aromatic heterocycles. The topological polar surface area (TPSA) is 17.8 Å². The minimum Gasteiger partial charge on any atom is -0.257 e. The third-order valence-electron chi connectivity index (χ3n) is 4.01. The number of aryl methyl sites for hydroxylation is 3. The summed E-state index contributed by atoms with van der Waals surface area (Å²) in [6.07, 6.45) is 0.854. The normalized spacial score (nSPS) is 11.9. The Hall–Kier alpha value is -0.320. The minimum atomic E-state index is -0.0389. The van der Waals surface area contributed by atoms with Crippen molar-refractivity contribution >= 4 is 43.5 Å². The van der Waals surface area contributed by atoms with Gasteiger partial charge in [-0.3, -0.25) is 4.68 Å². The number of nitrogens with zero attached hydrogens (tertiary/aromatic N) is 2. The Morgan fingerprint density at radius 1 is 1.19 bits per heavy atom. The van der Waals surface area contributed by atoms with Gasteiger partial charge in [-0.1, -0.05) is 67.7 Å². The molecule has 1 aromatic carbocycles. The van der Waals surface area contributed by atoms with E-state index in [0.29, 0.717) is 0 Å². The first-order chi connectivity index (χ1) is 9.95. The number of rotatable bonds is 5. The monoisotopic (exact) mass is 432 g/mol. The fraction of sp³-hybridized carbons (Fsp3) is 0.438. The van der Waals surface area contributed by atoms with Crippen LogP contribution in [-0.4, -0.2) is 20.4 Å². The predicted octanol–water partition coefficient (Wildman–Crippen LogP) is 4.96. The molecule has 0 spiro atoms. The summed E-state index contributed by atoms with van der Waals surface area (Å²) in [5, 5.41) is 6.89. The van der Waals surface area contributed by atoms with Crippen LogP contribution in [0.15, 0.2) is 24.3 Å². The molecule has 1 heterocycles. The van der Waals surface area contributed by atoms with E-state index in [4.69, 9.17) is 11.6 Å². The van der Waals surface area contributed by atoms with E-state index in [1.165, 1.54) is 11.1 Å². The number of alkyl halides is 2. The van der Waals surface area contributed by atoms with E-state index in [1.54, 1.807) is 4.68 Å². The van der Waals surface area contributed by atoms with Gasteiger partial charge in [-0.25, -0.2) is 0 Å². The maximum absolute atomic E-state index is 6.43. The van der Waals surface area contributed by atoms with Gasteiger partial charge in [0, 0.05) is 28.7 Å². The van der Waals surface area contributed by atoms with Gasteiger partial charge in [-0.05, 0) is 31.4 Å². The van der Waals surface area contributed by atoms with Crippen molar-refractivity contribution in [2.45, 2.75) is 25.7 Å². The van der Waals surface area contributed by atoms with E-state index in [9.17, 15) is 0 Å². The van der Waals surface area contributed by atoms with Gasteiger partial charge in [0.1, 0.15) is 5.15 Å². The highest BCUT2D eigenvalue weighted by Gasteiger charge is 2.33. The summed E-state index contributed by atoms with van der Waals surface area (Å²) >= 11 is 13.9. The quantitative estimate of drug-likeness (QED) is 0.608. The molecule has 2 rings (SSSR count). The first kappa shape index (κ1) is 17.0. The van der Waals surface area contributed by atoms with Crippen molar-refractivity contribution in [3.8, 4) is 0 Å². The first-order valence-corrected chi connectivity index (χ1v) is 9.43. The average Bonchev–Trinajstić information content (AvgIpc) is 2.71. The lowest BCUT2D eigenvalue weighted by atomic mass is 9.77. The summed E-state index contributed by atoms with van der Waals surface area (Å²) in [4.78, 5) is 0. The maximum Gasteiger partial charge on any atom is 0.130 e. The molecule has 0 saturated heterocycles. The number of benzene rings is 1. The number of hydrogen-bond acceptors (Lipinski definition) is 1. The molecule has 0 saturated carbocycles. The minimum absolute atomic E-state index is 0.0389. The molecule has 0 unspecified atom stereocenters. The van der Waals surface area contributed by atoms with Crippen LogP contribution in [0.25, 0.3) is 0 Å². The highest BCUT2D eigenvalue weighted by molar-refractivity contribution is 9.09. The Balaban J connectivity index is 2.51. The Bertz CT molecular complexity index is 633. The van der Waals surface area contributed by atoms with Gasteiger partial charge in [0.2, 0.25) is 0 Å². The molecule has 0 N–H and O–H groups in total. The molecule has 0 aliphatic carbocycles. The first-order valence-electron chi connectivity index (χ1n) is 6.81. The molecule has 0 fully saturated rings. The molecule has 2 nitrogen and oxygen atoms in total. The van der Waals surface area contributed by atoms with Gasteiger partial charge in [0.05, 0.1) is 5.69 Å². The summed E-state index contributed by atoms with van der Waals surface area (Å²) < 4.78 is 1.75. The van der Waals surface area contributed by atoms with Crippen molar-refractivity contribution in [2.24, 2.45) is 7.05 Å². The van der Waals surface area contributed by atoms with E-state index in [0.717, 1.165) is 33.5 Å². The Kier molecular flexibility index (Phi) is 5.55. The molecular weight excluding hydrogens is 415 g/mol. The number of hydrogen-bond donors (Lipinski definition) is 0. The highest BCUT2D eigenvalue weighted by atomic mass is 79.9. The van der Waals surface area contributed by atoms with Crippen molar-refractivity contribution in [1.82, 2.24) is 9.78 Å². The molecule has 5 heteroatoms. The van der Waals surface area contributed by atoms with Crippen molar-refractivity contribution in [2.75, 3.05) is 10.7 Å². The third kappa shape index (κ3) is 3.22. The second-order valence-electron chi connectivity index (χ2n) is 5.52. The third-order valence-corrected chi connectivity index (χ3v) is 6.63. The van der Waals surface area contributed by atoms with E-state index in [2.05, 4.69) is 68.1 Å². The Morgan fingerprint density at radius 3 is 2.29 bits per heavy atom. The number of halogens is 3. The van der Waals surface area contributed by atoms with Crippen LogP contribution in [0.1, 0.15) is 22.4 Å². The van der Waals surface area contributed by atoms with Crippen molar-refractivity contribution in [3.63, 3.8) is 0 Å². The van der Waals surface area contributed by atoms with Crippen LogP contribution in [0.5, 0.6) is 0 Å².